The topological polar surface area (TPSA) is 94.0 Å². The Bertz CT molecular complexity index is 960. The van der Waals surface area contributed by atoms with Gasteiger partial charge in [-0.25, -0.2) is 10.2 Å². The predicted molar refractivity (Wildman–Crippen MR) is 94.3 cm³/mol. The van der Waals surface area contributed by atoms with Gasteiger partial charge in [0.25, 0.3) is 0 Å². The van der Waals surface area contributed by atoms with Crippen LogP contribution in [0.25, 0.3) is 11.3 Å². The smallest absolute Gasteiger partial charge is 0.338 e. The minimum atomic E-state index is -0.506. The van der Waals surface area contributed by atoms with Crippen molar-refractivity contribution in [3.63, 3.8) is 0 Å². The van der Waals surface area contributed by atoms with E-state index in [-0.39, 0.29) is 5.76 Å². The van der Waals surface area contributed by atoms with Crippen molar-refractivity contribution >= 4 is 29.7 Å². The third-order valence-corrected chi connectivity index (χ3v) is 3.62. The van der Waals surface area contributed by atoms with E-state index < -0.39 is 11.9 Å². The molecule has 0 saturated carbocycles. The summed E-state index contributed by atoms with van der Waals surface area (Å²) in [5.74, 6) is -0.0685. The molecule has 3 rings (SSSR count). The summed E-state index contributed by atoms with van der Waals surface area (Å²) in [6.45, 7) is 0. The Balaban J connectivity index is 1.78. The maximum atomic E-state index is 11.9. The first-order valence-electron chi connectivity index (χ1n) is 7.43. The Morgan fingerprint density at radius 3 is 2.81 bits per heavy atom. The van der Waals surface area contributed by atoms with Gasteiger partial charge < -0.3 is 13.6 Å². The normalized spacial score (nSPS) is 10.8. The van der Waals surface area contributed by atoms with Crippen LogP contribution >= 0.6 is 11.6 Å². The quantitative estimate of drug-likeness (QED) is 0.418. The molecule has 0 radical (unpaired) electrons. The maximum absolute atomic E-state index is 11.9. The van der Waals surface area contributed by atoms with Crippen LogP contribution in [-0.2, 0) is 4.74 Å². The van der Waals surface area contributed by atoms with Crippen LogP contribution in [-0.4, -0.2) is 25.2 Å². The summed E-state index contributed by atoms with van der Waals surface area (Å²) >= 11 is 6.01. The van der Waals surface area contributed by atoms with Crippen molar-refractivity contribution < 1.29 is 23.2 Å². The minimum Gasteiger partial charge on any atom is -0.465 e. The van der Waals surface area contributed by atoms with Crippen molar-refractivity contribution in [1.82, 2.24) is 5.43 Å². The van der Waals surface area contributed by atoms with Gasteiger partial charge in [-0.15, -0.1) is 0 Å². The minimum absolute atomic E-state index is 0.143. The number of hydrogen-bond acceptors (Lipinski definition) is 6. The number of amides is 1. The number of rotatable bonds is 5. The summed E-state index contributed by atoms with van der Waals surface area (Å²) in [6, 6.07) is 11.2. The number of nitrogens with one attached hydrogen (secondary N) is 1. The second-order valence-corrected chi connectivity index (χ2v) is 5.50. The molecule has 26 heavy (non-hydrogen) atoms. The van der Waals surface area contributed by atoms with Crippen LogP contribution in [0.15, 0.2) is 62.7 Å². The highest BCUT2D eigenvalue weighted by Crippen LogP contribution is 2.29. The molecule has 0 atom stereocenters. The van der Waals surface area contributed by atoms with Crippen LogP contribution in [0.1, 0.15) is 26.7 Å². The Morgan fingerprint density at radius 1 is 1.23 bits per heavy atom. The number of nitrogens with zero attached hydrogens (tertiary/aromatic N) is 1. The van der Waals surface area contributed by atoms with Crippen LogP contribution < -0.4 is 5.43 Å². The lowest BCUT2D eigenvalue weighted by Gasteiger charge is -2.06. The average Bonchev–Trinajstić information content (AvgIpc) is 3.33. The Morgan fingerprint density at radius 2 is 2.08 bits per heavy atom. The number of halogens is 1. The lowest BCUT2D eigenvalue weighted by Crippen LogP contribution is -2.16. The first kappa shape index (κ1) is 17.5. The van der Waals surface area contributed by atoms with Crippen LogP contribution in [0.4, 0.5) is 0 Å². The molecule has 1 aromatic carbocycles. The zero-order valence-electron chi connectivity index (χ0n) is 13.6. The molecule has 3 aromatic rings. The van der Waals surface area contributed by atoms with Gasteiger partial charge >= 0.3 is 11.9 Å². The summed E-state index contributed by atoms with van der Waals surface area (Å²) in [5, 5.41) is 4.25. The van der Waals surface area contributed by atoms with Gasteiger partial charge in [-0.05, 0) is 42.5 Å². The third-order valence-electron chi connectivity index (χ3n) is 3.38. The first-order valence-corrected chi connectivity index (χ1v) is 7.81. The van der Waals surface area contributed by atoms with E-state index in [2.05, 4.69) is 10.5 Å². The number of carbonyl (C=O) groups is 2. The van der Waals surface area contributed by atoms with Gasteiger partial charge in [0.2, 0.25) is 0 Å². The van der Waals surface area contributed by atoms with Crippen molar-refractivity contribution in [3.8, 4) is 11.3 Å². The van der Waals surface area contributed by atoms with E-state index in [4.69, 9.17) is 25.2 Å². The van der Waals surface area contributed by atoms with Crippen molar-refractivity contribution in [2.45, 2.75) is 0 Å². The molecule has 7 nitrogen and oxygen atoms in total. The number of methoxy groups -OCH3 is 1. The molecule has 1 N–H and O–H groups in total. The lowest BCUT2D eigenvalue weighted by molar-refractivity contribution is 0.0601. The molecule has 0 aliphatic heterocycles. The van der Waals surface area contributed by atoms with E-state index >= 15 is 0 Å². The standard InChI is InChI=1S/C18H13ClN2O5/c1-24-18(23)13-6-4-11(19)9-14(13)15-7-5-12(26-15)10-20-21-17(22)16-3-2-8-25-16/h2-10H,1H3,(H,21,22)/b20-10-. The molecule has 132 valence electrons. The molecule has 0 saturated heterocycles. The molecule has 0 aliphatic rings. The van der Waals surface area contributed by atoms with Crippen molar-refractivity contribution in [1.29, 1.82) is 0 Å². The molecule has 1 amide bonds. The molecule has 8 heteroatoms. The first-order chi connectivity index (χ1) is 12.6. The van der Waals surface area contributed by atoms with Crippen LogP contribution in [0.5, 0.6) is 0 Å². The molecule has 0 bridgehead atoms. The van der Waals surface area contributed by atoms with Gasteiger partial charge in [-0.1, -0.05) is 11.6 Å². The van der Waals surface area contributed by atoms with E-state index in [0.717, 1.165) is 0 Å². The van der Waals surface area contributed by atoms with Crippen molar-refractivity contribution in [3.05, 3.63) is 70.8 Å². The Hall–Kier alpha value is -3.32. The maximum Gasteiger partial charge on any atom is 0.338 e. The van der Waals surface area contributed by atoms with Crippen molar-refractivity contribution in [2.75, 3.05) is 7.11 Å². The zero-order chi connectivity index (χ0) is 18.5. The van der Waals surface area contributed by atoms with Gasteiger partial charge in [-0.3, -0.25) is 4.79 Å². The predicted octanol–water partition coefficient (Wildman–Crippen LogP) is 3.74. The monoisotopic (exact) mass is 372 g/mol. The molecule has 0 unspecified atom stereocenters. The van der Waals surface area contributed by atoms with Gasteiger partial charge in [0.1, 0.15) is 11.5 Å². The van der Waals surface area contributed by atoms with Gasteiger partial charge in [0.15, 0.2) is 5.76 Å². The number of benzene rings is 1. The summed E-state index contributed by atoms with van der Waals surface area (Å²) in [7, 11) is 1.29. The SMILES string of the molecule is COC(=O)c1ccc(Cl)cc1-c1ccc(/C=N\NC(=O)c2ccco2)o1. The lowest BCUT2D eigenvalue weighted by atomic mass is 10.1. The van der Waals surface area contributed by atoms with E-state index in [9.17, 15) is 9.59 Å². The van der Waals surface area contributed by atoms with E-state index in [1.807, 2.05) is 0 Å². The largest absolute Gasteiger partial charge is 0.465 e. The molecule has 0 fully saturated rings. The fraction of sp³-hybridized carbons (Fsp3) is 0.0556. The Kier molecular flexibility index (Phi) is 5.19. The number of ether oxygens (including phenoxy) is 1. The third kappa shape index (κ3) is 3.84. The van der Waals surface area contributed by atoms with E-state index in [1.54, 1.807) is 36.4 Å². The van der Waals surface area contributed by atoms with Gasteiger partial charge in [0, 0.05) is 10.6 Å². The van der Waals surface area contributed by atoms with E-state index in [1.165, 1.54) is 25.7 Å². The number of hydrazone groups is 1. The molecule has 2 heterocycles. The Labute approximate surface area is 153 Å². The number of hydrogen-bond donors (Lipinski definition) is 1. The summed E-state index contributed by atoms with van der Waals surface area (Å²) < 4.78 is 15.4. The van der Waals surface area contributed by atoms with E-state index in [0.29, 0.717) is 27.7 Å². The highest BCUT2D eigenvalue weighted by atomic mass is 35.5. The fourth-order valence-corrected chi connectivity index (χ4v) is 2.36. The van der Waals surface area contributed by atoms with Gasteiger partial charge in [0.05, 0.1) is 25.2 Å². The second-order valence-electron chi connectivity index (χ2n) is 5.06. The van der Waals surface area contributed by atoms with Crippen molar-refractivity contribution in [2.24, 2.45) is 5.10 Å². The summed E-state index contributed by atoms with van der Waals surface area (Å²) in [5.41, 5.74) is 3.12. The fourth-order valence-electron chi connectivity index (χ4n) is 2.19. The molecular weight excluding hydrogens is 360 g/mol. The molecule has 0 spiro atoms. The van der Waals surface area contributed by atoms with Crippen LogP contribution in [0.3, 0.4) is 0 Å². The number of esters is 1. The highest BCUT2D eigenvalue weighted by molar-refractivity contribution is 6.31. The second kappa shape index (κ2) is 7.71. The number of carbonyl (C=O) groups excluding carboxylic acids is 2. The van der Waals surface area contributed by atoms with Gasteiger partial charge in [-0.2, -0.15) is 5.10 Å². The summed E-state index contributed by atoms with van der Waals surface area (Å²) in [4.78, 5) is 23.6. The molecular formula is C18H13ClN2O5. The highest BCUT2D eigenvalue weighted by Gasteiger charge is 2.16. The summed E-state index contributed by atoms with van der Waals surface area (Å²) in [6.07, 6.45) is 2.72. The number of furan rings is 2. The zero-order valence-corrected chi connectivity index (χ0v) is 14.3. The molecule has 2 aromatic heterocycles. The average molecular weight is 373 g/mol. The molecule has 0 aliphatic carbocycles. The van der Waals surface area contributed by atoms with Crippen LogP contribution in [0, 0.1) is 0 Å². The van der Waals surface area contributed by atoms with Crippen LogP contribution in [0.2, 0.25) is 5.02 Å².